The molecule has 3 heterocycles. The van der Waals surface area contributed by atoms with Crippen molar-refractivity contribution in [2.24, 2.45) is 5.92 Å². The van der Waals surface area contributed by atoms with Crippen molar-refractivity contribution in [3.8, 4) is 5.75 Å². The molecule has 0 aliphatic carbocycles. The summed E-state index contributed by atoms with van der Waals surface area (Å²) in [5.74, 6) is 2.56. The average molecular weight is 344 g/mol. The predicted molar refractivity (Wildman–Crippen MR) is 98.0 cm³/mol. The zero-order valence-electron chi connectivity index (χ0n) is 14.5. The second kappa shape index (κ2) is 7.83. The van der Waals surface area contributed by atoms with Gasteiger partial charge in [0.15, 0.2) is 5.16 Å². The van der Waals surface area contributed by atoms with E-state index in [-0.39, 0.29) is 0 Å². The molecule has 1 saturated heterocycles. The first kappa shape index (κ1) is 17.0. The van der Waals surface area contributed by atoms with Crippen LogP contribution in [0.15, 0.2) is 29.6 Å². The van der Waals surface area contributed by atoms with Gasteiger partial charge in [0.2, 0.25) is 0 Å². The SMILES string of the molecule is CSc1nc(C)cc(N2CCC(COc3ccnc(C)c3)CC2)n1. The molecule has 3 rings (SSSR count). The lowest BCUT2D eigenvalue weighted by atomic mass is 9.98. The fourth-order valence-electron chi connectivity index (χ4n) is 2.93. The van der Waals surface area contributed by atoms with E-state index in [1.165, 1.54) is 0 Å². The first-order valence-corrected chi connectivity index (χ1v) is 9.56. The minimum atomic E-state index is 0.595. The zero-order chi connectivity index (χ0) is 16.9. The molecule has 6 heteroatoms. The van der Waals surface area contributed by atoms with E-state index < -0.39 is 0 Å². The van der Waals surface area contributed by atoms with Crippen LogP contribution >= 0.6 is 11.8 Å². The van der Waals surface area contributed by atoms with Crippen molar-refractivity contribution in [3.05, 3.63) is 35.8 Å². The highest BCUT2D eigenvalue weighted by Gasteiger charge is 2.21. The topological polar surface area (TPSA) is 51.1 Å². The van der Waals surface area contributed by atoms with Crippen LogP contribution in [-0.4, -0.2) is 40.9 Å². The molecule has 1 fully saturated rings. The van der Waals surface area contributed by atoms with Crippen molar-refractivity contribution in [2.75, 3.05) is 30.9 Å². The van der Waals surface area contributed by atoms with E-state index >= 15 is 0 Å². The monoisotopic (exact) mass is 344 g/mol. The van der Waals surface area contributed by atoms with Gasteiger partial charge in [-0.1, -0.05) is 11.8 Å². The van der Waals surface area contributed by atoms with Crippen molar-refractivity contribution in [3.63, 3.8) is 0 Å². The Bertz CT molecular complexity index is 686. The molecule has 2 aromatic rings. The van der Waals surface area contributed by atoms with Crippen LogP contribution in [0.2, 0.25) is 0 Å². The fraction of sp³-hybridized carbons (Fsp3) is 0.500. The lowest BCUT2D eigenvalue weighted by Crippen LogP contribution is -2.36. The standard InChI is InChI=1S/C18H24N4OS/c1-13-10-16(4-7-19-13)23-12-15-5-8-22(9-6-15)17-11-14(2)20-18(21-17)24-3/h4,7,10-11,15H,5-6,8-9,12H2,1-3H3. The number of hydrogen-bond acceptors (Lipinski definition) is 6. The van der Waals surface area contributed by atoms with Crippen LogP contribution in [0.1, 0.15) is 24.2 Å². The largest absolute Gasteiger partial charge is 0.493 e. The molecule has 0 N–H and O–H groups in total. The van der Waals surface area contributed by atoms with Crippen LogP contribution in [0.4, 0.5) is 5.82 Å². The van der Waals surface area contributed by atoms with Crippen molar-refractivity contribution in [2.45, 2.75) is 31.8 Å². The predicted octanol–water partition coefficient (Wildman–Crippen LogP) is 3.51. The minimum absolute atomic E-state index is 0.595. The second-order valence-corrected chi connectivity index (χ2v) is 7.00. The number of thioether (sulfide) groups is 1. The quantitative estimate of drug-likeness (QED) is 0.611. The number of hydrogen-bond donors (Lipinski definition) is 0. The molecule has 24 heavy (non-hydrogen) atoms. The fourth-order valence-corrected chi connectivity index (χ4v) is 3.35. The van der Waals surface area contributed by atoms with Crippen LogP contribution in [-0.2, 0) is 0 Å². The summed E-state index contributed by atoms with van der Waals surface area (Å²) in [4.78, 5) is 15.6. The van der Waals surface area contributed by atoms with Crippen LogP contribution in [0.3, 0.4) is 0 Å². The lowest BCUT2D eigenvalue weighted by molar-refractivity contribution is 0.222. The Morgan fingerprint density at radius 1 is 1.17 bits per heavy atom. The van der Waals surface area contributed by atoms with Gasteiger partial charge < -0.3 is 9.64 Å². The lowest BCUT2D eigenvalue weighted by Gasteiger charge is -2.32. The highest BCUT2D eigenvalue weighted by Crippen LogP contribution is 2.24. The maximum atomic E-state index is 5.94. The summed E-state index contributed by atoms with van der Waals surface area (Å²) < 4.78 is 5.94. The molecule has 0 bridgehead atoms. The van der Waals surface area contributed by atoms with Gasteiger partial charge in [-0.3, -0.25) is 4.98 Å². The first-order chi connectivity index (χ1) is 11.6. The average Bonchev–Trinajstić information content (AvgIpc) is 2.60. The van der Waals surface area contributed by atoms with Gasteiger partial charge >= 0.3 is 0 Å². The molecule has 0 atom stereocenters. The molecule has 128 valence electrons. The van der Waals surface area contributed by atoms with Gasteiger partial charge in [-0.25, -0.2) is 9.97 Å². The van der Waals surface area contributed by atoms with Gasteiger partial charge in [-0.15, -0.1) is 0 Å². The third-order valence-corrected chi connectivity index (χ3v) is 4.84. The van der Waals surface area contributed by atoms with E-state index in [2.05, 4.69) is 25.9 Å². The molecule has 1 aliphatic rings. The number of nitrogens with zero attached hydrogens (tertiary/aromatic N) is 4. The molecule has 0 unspecified atom stereocenters. The summed E-state index contributed by atoms with van der Waals surface area (Å²) in [6.45, 7) is 6.83. The Labute approximate surface area is 147 Å². The number of pyridine rings is 1. The molecule has 0 spiro atoms. The summed E-state index contributed by atoms with van der Waals surface area (Å²) in [7, 11) is 0. The van der Waals surface area contributed by atoms with Crippen LogP contribution in [0, 0.1) is 19.8 Å². The van der Waals surface area contributed by atoms with Gasteiger partial charge in [0.1, 0.15) is 11.6 Å². The Morgan fingerprint density at radius 3 is 2.67 bits per heavy atom. The Kier molecular flexibility index (Phi) is 5.56. The van der Waals surface area contributed by atoms with Gasteiger partial charge in [0.25, 0.3) is 0 Å². The molecule has 0 saturated carbocycles. The van der Waals surface area contributed by atoms with E-state index in [1.54, 1.807) is 18.0 Å². The maximum Gasteiger partial charge on any atom is 0.189 e. The second-order valence-electron chi connectivity index (χ2n) is 6.23. The highest BCUT2D eigenvalue weighted by molar-refractivity contribution is 7.98. The van der Waals surface area contributed by atoms with Crippen LogP contribution < -0.4 is 9.64 Å². The summed E-state index contributed by atoms with van der Waals surface area (Å²) in [5.41, 5.74) is 2.02. The molecule has 1 aliphatic heterocycles. The molecule has 0 amide bonds. The molecular formula is C18H24N4OS. The van der Waals surface area contributed by atoms with Gasteiger partial charge in [0.05, 0.1) is 6.61 Å². The zero-order valence-corrected chi connectivity index (χ0v) is 15.3. The highest BCUT2D eigenvalue weighted by atomic mass is 32.2. The Balaban J connectivity index is 1.53. The van der Waals surface area contributed by atoms with Crippen LogP contribution in [0.5, 0.6) is 5.75 Å². The maximum absolute atomic E-state index is 5.94. The van der Waals surface area contributed by atoms with Gasteiger partial charge in [-0.2, -0.15) is 0 Å². The molecule has 0 radical (unpaired) electrons. The Hall–Kier alpha value is -1.82. The summed E-state index contributed by atoms with van der Waals surface area (Å²) in [6, 6.07) is 5.99. The number of piperidine rings is 1. The van der Waals surface area contributed by atoms with E-state index in [9.17, 15) is 0 Å². The van der Waals surface area contributed by atoms with Crippen LogP contribution in [0.25, 0.3) is 0 Å². The van der Waals surface area contributed by atoms with E-state index in [0.717, 1.165) is 60.6 Å². The number of anilines is 1. The number of aromatic nitrogens is 3. The molecule has 2 aromatic heterocycles. The normalized spacial score (nSPS) is 15.5. The van der Waals surface area contributed by atoms with E-state index in [1.807, 2.05) is 32.2 Å². The summed E-state index contributed by atoms with van der Waals surface area (Å²) in [6.07, 6.45) is 6.07. The number of ether oxygens (including phenoxy) is 1. The van der Waals surface area contributed by atoms with Crippen molar-refractivity contribution >= 4 is 17.6 Å². The first-order valence-electron chi connectivity index (χ1n) is 8.34. The Morgan fingerprint density at radius 2 is 1.96 bits per heavy atom. The number of rotatable bonds is 5. The molecule has 5 nitrogen and oxygen atoms in total. The molecule has 0 aromatic carbocycles. The third-order valence-electron chi connectivity index (χ3n) is 4.30. The van der Waals surface area contributed by atoms with E-state index in [4.69, 9.17) is 4.74 Å². The molecular weight excluding hydrogens is 320 g/mol. The van der Waals surface area contributed by atoms with Gasteiger partial charge in [-0.05, 0) is 44.9 Å². The third kappa shape index (κ3) is 4.38. The van der Waals surface area contributed by atoms with Crippen molar-refractivity contribution < 1.29 is 4.74 Å². The summed E-state index contributed by atoms with van der Waals surface area (Å²) in [5, 5.41) is 0.850. The summed E-state index contributed by atoms with van der Waals surface area (Å²) >= 11 is 1.59. The minimum Gasteiger partial charge on any atom is -0.493 e. The van der Waals surface area contributed by atoms with Crippen molar-refractivity contribution in [1.29, 1.82) is 0 Å². The van der Waals surface area contributed by atoms with E-state index in [0.29, 0.717) is 5.92 Å². The smallest absolute Gasteiger partial charge is 0.189 e. The van der Waals surface area contributed by atoms with Crippen molar-refractivity contribution in [1.82, 2.24) is 15.0 Å². The van der Waals surface area contributed by atoms with Gasteiger partial charge in [0, 0.05) is 42.8 Å². The number of aryl methyl sites for hydroxylation is 2.